The van der Waals surface area contributed by atoms with E-state index in [1.165, 1.54) is 0 Å². The molecule has 6 heteroatoms. The van der Waals surface area contributed by atoms with Gasteiger partial charge in [0.15, 0.2) is 0 Å². The molecule has 2 heterocycles. The summed E-state index contributed by atoms with van der Waals surface area (Å²) >= 11 is 0. The molecule has 0 atom stereocenters. The first-order valence-electron chi connectivity index (χ1n) is 5.82. The van der Waals surface area contributed by atoms with E-state index in [1.54, 1.807) is 12.5 Å². The van der Waals surface area contributed by atoms with Crippen molar-refractivity contribution >= 4 is 5.69 Å². The van der Waals surface area contributed by atoms with Gasteiger partial charge in [0.25, 0.3) is 5.89 Å². The molecule has 19 heavy (non-hydrogen) atoms. The van der Waals surface area contributed by atoms with Gasteiger partial charge in [-0.05, 0) is 24.6 Å². The number of hydrogen-bond donors (Lipinski definition) is 1. The molecule has 0 saturated heterocycles. The van der Waals surface area contributed by atoms with Crippen molar-refractivity contribution in [3.05, 3.63) is 36.3 Å². The van der Waals surface area contributed by atoms with E-state index in [-0.39, 0.29) is 0 Å². The van der Waals surface area contributed by atoms with Crippen molar-refractivity contribution in [2.75, 3.05) is 5.73 Å². The first kappa shape index (κ1) is 11.5. The molecule has 0 radical (unpaired) electrons. The monoisotopic (exact) mass is 255 g/mol. The van der Waals surface area contributed by atoms with E-state index in [0.29, 0.717) is 17.4 Å². The molecular formula is C13H13N5O. The van der Waals surface area contributed by atoms with Crippen LogP contribution < -0.4 is 5.73 Å². The molecular weight excluding hydrogens is 242 g/mol. The van der Waals surface area contributed by atoms with Crippen LogP contribution in [0.2, 0.25) is 0 Å². The van der Waals surface area contributed by atoms with Crippen molar-refractivity contribution < 1.29 is 4.52 Å². The number of nitrogen functional groups attached to an aromatic ring is 1. The Balaban J connectivity index is 2.07. The van der Waals surface area contributed by atoms with E-state index >= 15 is 0 Å². The Morgan fingerprint density at radius 2 is 2.16 bits per heavy atom. The van der Waals surface area contributed by atoms with E-state index in [2.05, 4.69) is 15.1 Å². The minimum Gasteiger partial charge on any atom is -0.398 e. The lowest BCUT2D eigenvalue weighted by atomic mass is 10.1. The zero-order valence-electron chi connectivity index (χ0n) is 10.7. The zero-order valence-corrected chi connectivity index (χ0v) is 10.7. The summed E-state index contributed by atoms with van der Waals surface area (Å²) in [5, 5.41) is 3.98. The third-order valence-electron chi connectivity index (χ3n) is 3.08. The number of rotatable bonds is 2. The SMILES string of the molecule is Cc1c(N)cccc1-c1nc(-c2cncn2C)no1. The van der Waals surface area contributed by atoms with Crippen molar-refractivity contribution in [1.82, 2.24) is 19.7 Å². The summed E-state index contributed by atoms with van der Waals surface area (Å²) in [4.78, 5) is 8.42. The largest absolute Gasteiger partial charge is 0.398 e. The highest BCUT2D eigenvalue weighted by Crippen LogP contribution is 2.27. The number of anilines is 1. The molecule has 0 aliphatic carbocycles. The van der Waals surface area contributed by atoms with E-state index in [4.69, 9.17) is 10.3 Å². The first-order valence-corrected chi connectivity index (χ1v) is 5.82. The molecule has 0 aliphatic rings. The molecule has 6 nitrogen and oxygen atoms in total. The van der Waals surface area contributed by atoms with E-state index < -0.39 is 0 Å². The Hall–Kier alpha value is -2.63. The second kappa shape index (κ2) is 4.24. The number of nitrogens with zero attached hydrogens (tertiary/aromatic N) is 4. The maximum absolute atomic E-state index is 5.88. The topological polar surface area (TPSA) is 82.8 Å². The molecule has 0 saturated carbocycles. The number of hydrogen-bond acceptors (Lipinski definition) is 5. The van der Waals surface area contributed by atoms with Gasteiger partial charge in [-0.3, -0.25) is 0 Å². The normalized spacial score (nSPS) is 10.8. The Bertz CT molecular complexity index is 728. The molecule has 3 rings (SSSR count). The molecule has 0 spiro atoms. The van der Waals surface area contributed by atoms with Crippen LogP contribution >= 0.6 is 0 Å². The number of aromatic nitrogens is 4. The van der Waals surface area contributed by atoms with Gasteiger partial charge in [-0.25, -0.2) is 4.98 Å². The molecule has 0 bridgehead atoms. The summed E-state index contributed by atoms with van der Waals surface area (Å²) in [6.07, 6.45) is 3.39. The van der Waals surface area contributed by atoms with Crippen LogP contribution in [0.1, 0.15) is 5.56 Å². The highest BCUT2D eigenvalue weighted by Gasteiger charge is 2.15. The van der Waals surface area contributed by atoms with Crippen LogP contribution in [0.15, 0.2) is 35.2 Å². The molecule has 3 aromatic rings. The van der Waals surface area contributed by atoms with E-state index in [1.807, 2.05) is 36.7 Å². The van der Waals surface area contributed by atoms with Gasteiger partial charge in [-0.2, -0.15) is 4.98 Å². The fraction of sp³-hybridized carbons (Fsp3) is 0.154. The minimum atomic E-state index is 0.459. The first-order chi connectivity index (χ1) is 9.16. The van der Waals surface area contributed by atoms with Crippen LogP contribution in [0.4, 0.5) is 5.69 Å². The van der Waals surface area contributed by atoms with Crippen molar-refractivity contribution in [3.63, 3.8) is 0 Å². The van der Waals surface area contributed by atoms with E-state index in [9.17, 15) is 0 Å². The number of benzene rings is 1. The predicted octanol–water partition coefficient (Wildman–Crippen LogP) is 2.03. The van der Waals surface area contributed by atoms with Gasteiger partial charge in [0.05, 0.1) is 12.5 Å². The van der Waals surface area contributed by atoms with Crippen molar-refractivity contribution in [2.24, 2.45) is 7.05 Å². The lowest BCUT2D eigenvalue weighted by Gasteiger charge is -2.03. The average Bonchev–Trinajstić information content (AvgIpc) is 3.01. The molecule has 1 aromatic carbocycles. The molecule has 2 aromatic heterocycles. The summed E-state index contributed by atoms with van der Waals surface area (Å²) in [7, 11) is 1.88. The number of aryl methyl sites for hydroxylation is 1. The molecule has 0 unspecified atom stereocenters. The fourth-order valence-corrected chi connectivity index (χ4v) is 1.89. The second-order valence-corrected chi connectivity index (χ2v) is 4.33. The zero-order chi connectivity index (χ0) is 13.4. The Morgan fingerprint density at radius 1 is 1.32 bits per heavy atom. The second-order valence-electron chi connectivity index (χ2n) is 4.33. The quantitative estimate of drug-likeness (QED) is 0.708. The average molecular weight is 255 g/mol. The maximum atomic E-state index is 5.88. The molecule has 2 N–H and O–H groups in total. The number of imidazole rings is 1. The Kier molecular flexibility index (Phi) is 2.56. The van der Waals surface area contributed by atoms with Gasteiger partial charge in [-0.15, -0.1) is 0 Å². The Morgan fingerprint density at radius 3 is 2.89 bits per heavy atom. The van der Waals surface area contributed by atoms with Gasteiger partial charge >= 0.3 is 0 Å². The Labute approximate surface area is 109 Å². The highest BCUT2D eigenvalue weighted by molar-refractivity contribution is 5.67. The summed E-state index contributed by atoms with van der Waals surface area (Å²) in [6.45, 7) is 1.93. The number of nitrogens with two attached hydrogens (primary N) is 1. The minimum absolute atomic E-state index is 0.459. The van der Waals surface area contributed by atoms with Crippen molar-refractivity contribution in [3.8, 4) is 23.0 Å². The molecule has 0 amide bonds. The van der Waals surface area contributed by atoms with Gasteiger partial charge < -0.3 is 14.8 Å². The highest BCUT2D eigenvalue weighted by atomic mass is 16.5. The summed E-state index contributed by atoms with van der Waals surface area (Å²) < 4.78 is 7.14. The maximum Gasteiger partial charge on any atom is 0.258 e. The lowest BCUT2D eigenvalue weighted by molar-refractivity contribution is 0.431. The van der Waals surface area contributed by atoms with Crippen molar-refractivity contribution in [1.29, 1.82) is 0 Å². The van der Waals surface area contributed by atoms with Crippen LogP contribution in [0, 0.1) is 6.92 Å². The lowest BCUT2D eigenvalue weighted by Crippen LogP contribution is -1.93. The summed E-state index contributed by atoms with van der Waals surface area (Å²) in [5.41, 5.74) is 9.17. The van der Waals surface area contributed by atoms with Crippen LogP contribution in [0.3, 0.4) is 0 Å². The summed E-state index contributed by atoms with van der Waals surface area (Å²) in [6, 6.07) is 5.62. The molecule has 96 valence electrons. The molecule has 0 fully saturated rings. The van der Waals surface area contributed by atoms with Gasteiger partial charge in [0.1, 0.15) is 5.69 Å². The molecule has 0 aliphatic heterocycles. The van der Waals surface area contributed by atoms with Gasteiger partial charge in [-0.1, -0.05) is 11.2 Å². The van der Waals surface area contributed by atoms with Crippen LogP contribution in [0.5, 0.6) is 0 Å². The van der Waals surface area contributed by atoms with E-state index in [0.717, 1.165) is 16.8 Å². The standard InChI is InChI=1S/C13H13N5O/c1-8-9(4-3-5-10(8)14)13-16-12(17-19-13)11-6-15-7-18(11)2/h3-7H,14H2,1-2H3. The third-order valence-corrected chi connectivity index (χ3v) is 3.08. The van der Waals surface area contributed by atoms with Crippen LogP contribution in [-0.4, -0.2) is 19.7 Å². The predicted molar refractivity (Wildman–Crippen MR) is 71.1 cm³/mol. The van der Waals surface area contributed by atoms with Crippen LogP contribution in [-0.2, 0) is 7.05 Å². The van der Waals surface area contributed by atoms with Gasteiger partial charge in [0.2, 0.25) is 5.82 Å². The smallest absolute Gasteiger partial charge is 0.258 e. The van der Waals surface area contributed by atoms with Crippen molar-refractivity contribution in [2.45, 2.75) is 6.92 Å². The third kappa shape index (κ3) is 1.87. The van der Waals surface area contributed by atoms with Gasteiger partial charge in [0, 0.05) is 18.3 Å². The summed E-state index contributed by atoms with van der Waals surface area (Å²) in [5.74, 6) is 0.970. The van der Waals surface area contributed by atoms with Crippen LogP contribution in [0.25, 0.3) is 23.0 Å². The fourth-order valence-electron chi connectivity index (χ4n) is 1.89.